The van der Waals surface area contributed by atoms with Crippen LogP contribution in [0.1, 0.15) is 19.3 Å². The molecule has 4 nitrogen and oxygen atoms in total. The van der Waals surface area contributed by atoms with E-state index in [9.17, 15) is 8.42 Å². The molecular formula is C11H20N2O2S. The summed E-state index contributed by atoms with van der Waals surface area (Å²) in [5, 5.41) is 3.58. The van der Waals surface area contributed by atoms with E-state index in [-0.39, 0.29) is 6.04 Å². The average Bonchev–Trinajstić information content (AvgIpc) is 2.60. The van der Waals surface area contributed by atoms with Gasteiger partial charge in [0.15, 0.2) is 9.84 Å². The van der Waals surface area contributed by atoms with E-state index in [1.165, 1.54) is 25.9 Å². The molecule has 0 aromatic carbocycles. The Kier molecular flexibility index (Phi) is 2.72. The summed E-state index contributed by atoms with van der Waals surface area (Å²) < 4.78 is 22.8. The maximum absolute atomic E-state index is 11.4. The zero-order valence-corrected chi connectivity index (χ0v) is 10.4. The molecule has 4 aliphatic heterocycles. The van der Waals surface area contributed by atoms with Crippen LogP contribution in [0.4, 0.5) is 0 Å². The molecule has 2 unspecified atom stereocenters. The quantitative estimate of drug-likeness (QED) is 0.734. The Morgan fingerprint density at radius 2 is 1.88 bits per heavy atom. The minimum atomic E-state index is -2.74. The van der Waals surface area contributed by atoms with Gasteiger partial charge in [-0.15, -0.1) is 0 Å². The van der Waals surface area contributed by atoms with Crippen LogP contribution in [0.3, 0.4) is 0 Å². The highest BCUT2D eigenvalue weighted by molar-refractivity contribution is 7.91. The Morgan fingerprint density at radius 3 is 2.38 bits per heavy atom. The largest absolute Gasteiger partial charge is 0.309 e. The Bertz CT molecular complexity index is 360. The van der Waals surface area contributed by atoms with E-state index in [0.717, 1.165) is 18.9 Å². The van der Waals surface area contributed by atoms with Crippen LogP contribution in [0.5, 0.6) is 0 Å². The van der Waals surface area contributed by atoms with Crippen molar-refractivity contribution in [2.45, 2.75) is 31.3 Å². The van der Waals surface area contributed by atoms with Crippen molar-refractivity contribution in [3.05, 3.63) is 0 Å². The molecule has 0 amide bonds. The first kappa shape index (κ1) is 11.0. The van der Waals surface area contributed by atoms with Gasteiger partial charge in [0.05, 0.1) is 11.5 Å². The first-order chi connectivity index (χ1) is 7.62. The second-order valence-electron chi connectivity index (χ2n) is 5.51. The van der Waals surface area contributed by atoms with Crippen LogP contribution in [-0.2, 0) is 9.84 Å². The summed E-state index contributed by atoms with van der Waals surface area (Å²) in [6.45, 7) is 3.61. The predicted molar refractivity (Wildman–Crippen MR) is 63.1 cm³/mol. The SMILES string of the molecule is O=S1(=O)CCC(NC2CN3CCC2CC3)C1. The molecule has 0 aromatic heterocycles. The van der Waals surface area contributed by atoms with Gasteiger partial charge in [-0.25, -0.2) is 8.42 Å². The Balaban J connectivity index is 1.59. The molecule has 0 aromatic rings. The second-order valence-corrected chi connectivity index (χ2v) is 7.74. The fourth-order valence-electron chi connectivity index (χ4n) is 3.38. The van der Waals surface area contributed by atoms with Gasteiger partial charge in [-0.1, -0.05) is 0 Å². The van der Waals surface area contributed by atoms with E-state index in [2.05, 4.69) is 10.2 Å². The minimum Gasteiger partial charge on any atom is -0.309 e. The van der Waals surface area contributed by atoms with Crippen LogP contribution in [0.2, 0.25) is 0 Å². The zero-order chi connectivity index (χ0) is 11.2. The van der Waals surface area contributed by atoms with E-state index in [1.807, 2.05) is 0 Å². The predicted octanol–water partition coefficient (Wildman–Crippen LogP) is -0.143. The van der Waals surface area contributed by atoms with Crippen molar-refractivity contribution < 1.29 is 8.42 Å². The lowest BCUT2D eigenvalue weighted by Gasteiger charge is -2.45. The molecule has 4 aliphatic rings. The summed E-state index contributed by atoms with van der Waals surface area (Å²) in [5.74, 6) is 1.52. The van der Waals surface area contributed by atoms with Crippen LogP contribution >= 0.6 is 0 Å². The van der Waals surface area contributed by atoms with E-state index < -0.39 is 9.84 Å². The summed E-state index contributed by atoms with van der Waals surface area (Å²) in [5.41, 5.74) is 0. The standard InChI is InChI=1S/C11H20N2O2S/c14-16(15)6-3-10(8-16)12-11-7-13-4-1-9(11)2-5-13/h9-12H,1-8H2. The van der Waals surface area contributed by atoms with E-state index in [4.69, 9.17) is 0 Å². The van der Waals surface area contributed by atoms with Gasteiger partial charge in [0.25, 0.3) is 0 Å². The third-order valence-corrected chi connectivity index (χ3v) is 6.11. The van der Waals surface area contributed by atoms with Crippen molar-refractivity contribution in [2.75, 3.05) is 31.1 Å². The first-order valence-corrected chi connectivity index (χ1v) is 8.13. The number of hydrogen-bond acceptors (Lipinski definition) is 4. The summed E-state index contributed by atoms with van der Waals surface area (Å²) in [6, 6.07) is 0.761. The molecule has 5 heteroatoms. The first-order valence-electron chi connectivity index (χ1n) is 6.31. The number of nitrogens with zero attached hydrogens (tertiary/aromatic N) is 1. The number of rotatable bonds is 2. The summed E-state index contributed by atoms with van der Waals surface area (Å²) in [7, 11) is -2.74. The van der Waals surface area contributed by atoms with E-state index >= 15 is 0 Å². The molecule has 0 radical (unpaired) electrons. The molecule has 4 rings (SSSR count). The number of piperidine rings is 3. The lowest BCUT2D eigenvalue weighted by atomic mass is 9.83. The fourth-order valence-corrected chi connectivity index (χ4v) is 5.07. The minimum absolute atomic E-state index is 0.218. The van der Waals surface area contributed by atoms with Gasteiger partial charge in [-0.2, -0.15) is 0 Å². The number of sulfone groups is 1. The van der Waals surface area contributed by atoms with Gasteiger partial charge in [0.2, 0.25) is 0 Å². The molecule has 2 atom stereocenters. The van der Waals surface area contributed by atoms with Crippen LogP contribution in [0.15, 0.2) is 0 Å². The fraction of sp³-hybridized carbons (Fsp3) is 1.00. The molecule has 0 spiro atoms. The summed E-state index contributed by atoms with van der Waals surface area (Å²) >= 11 is 0. The van der Waals surface area contributed by atoms with Gasteiger partial charge in [0, 0.05) is 18.6 Å². The molecule has 4 saturated heterocycles. The maximum Gasteiger partial charge on any atom is 0.151 e. The van der Waals surface area contributed by atoms with Crippen molar-refractivity contribution in [3.63, 3.8) is 0 Å². The van der Waals surface area contributed by atoms with Gasteiger partial charge in [0.1, 0.15) is 0 Å². The molecular weight excluding hydrogens is 224 g/mol. The van der Waals surface area contributed by atoms with Crippen LogP contribution in [-0.4, -0.2) is 56.5 Å². The molecule has 92 valence electrons. The van der Waals surface area contributed by atoms with Crippen molar-refractivity contribution in [2.24, 2.45) is 5.92 Å². The Labute approximate surface area is 97.3 Å². The van der Waals surface area contributed by atoms with E-state index in [1.54, 1.807) is 0 Å². The molecule has 4 fully saturated rings. The molecule has 0 saturated carbocycles. The Hall–Kier alpha value is -0.130. The van der Waals surface area contributed by atoms with Crippen molar-refractivity contribution in [1.29, 1.82) is 0 Å². The van der Waals surface area contributed by atoms with Crippen LogP contribution in [0.25, 0.3) is 0 Å². The van der Waals surface area contributed by atoms with Crippen LogP contribution in [0, 0.1) is 5.92 Å². The van der Waals surface area contributed by atoms with E-state index in [0.29, 0.717) is 17.5 Å². The summed E-state index contributed by atoms with van der Waals surface area (Å²) in [4.78, 5) is 2.50. The third kappa shape index (κ3) is 2.13. The number of fused-ring (bicyclic) bond motifs is 3. The molecule has 16 heavy (non-hydrogen) atoms. The Morgan fingerprint density at radius 1 is 1.12 bits per heavy atom. The lowest BCUT2D eigenvalue weighted by Crippen LogP contribution is -2.58. The number of nitrogens with one attached hydrogen (secondary N) is 1. The van der Waals surface area contributed by atoms with Gasteiger partial charge in [-0.3, -0.25) is 0 Å². The van der Waals surface area contributed by atoms with Gasteiger partial charge < -0.3 is 10.2 Å². The number of hydrogen-bond donors (Lipinski definition) is 1. The molecule has 2 bridgehead atoms. The molecule has 1 N–H and O–H groups in total. The monoisotopic (exact) mass is 244 g/mol. The maximum atomic E-state index is 11.4. The zero-order valence-electron chi connectivity index (χ0n) is 9.56. The lowest BCUT2D eigenvalue weighted by molar-refractivity contribution is 0.0684. The highest BCUT2D eigenvalue weighted by atomic mass is 32.2. The summed E-state index contributed by atoms with van der Waals surface area (Å²) in [6.07, 6.45) is 3.39. The highest BCUT2D eigenvalue weighted by Crippen LogP contribution is 2.28. The highest BCUT2D eigenvalue weighted by Gasteiger charge is 2.37. The normalized spacial score (nSPS) is 46.0. The van der Waals surface area contributed by atoms with Gasteiger partial charge >= 0.3 is 0 Å². The van der Waals surface area contributed by atoms with Crippen molar-refractivity contribution >= 4 is 9.84 Å². The van der Waals surface area contributed by atoms with Gasteiger partial charge in [-0.05, 0) is 38.3 Å². The average molecular weight is 244 g/mol. The smallest absolute Gasteiger partial charge is 0.151 e. The van der Waals surface area contributed by atoms with Crippen molar-refractivity contribution in [1.82, 2.24) is 10.2 Å². The molecule has 0 aliphatic carbocycles. The third-order valence-electron chi connectivity index (χ3n) is 4.34. The second kappa shape index (κ2) is 3.96. The van der Waals surface area contributed by atoms with Crippen molar-refractivity contribution in [3.8, 4) is 0 Å². The van der Waals surface area contributed by atoms with Crippen LogP contribution < -0.4 is 5.32 Å². The molecule has 4 heterocycles. The topological polar surface area (TPSA) is 49.4 Å².